The topological polar surface area (TPSA) is 74.3 Å². The van der Waals surface area contributed by atoms with Crippen LogP contribution in [0.1, 0.15) is 62.4 Å². The first kappa shape index (κ1) is 22.7. The Labute approximate surface area is 204 Å². The highest BCUT2D eigenvalue weighted by atomic mass is 32.1. The van der Waals surface area contributed by atoms with Gasteiger partial charge in [0.05, 0.1) is 11.1 Å². The Kier molecular flexibility index (Phi) is 7.02. The summed E-state index contributed by atoms with van der Waals surface area (Å²) in [7, 11) is 0. The molecule has 7 heteroatoms. The summed E-state index contributed by atoms with van der Waals surface area (Å²) in [6.07, 6.45) is 9.14. The molecule has 0 atom stereocenters. The van der Waals surface area contributed by atoms with Gasteiger partial charge in [0.25, 0.3) is 11.8 Å². The van der Waals surface area contributed by atoms with Gasteiger partial charge < -0.3 is 10.6 Å². The summed E-state index contributed by atoms with van der Waals surface area (Å²) >= 11 is 1.56. The monoisotopic (exact) mass is 474 g/mol. The number of hydrogen-bond acceptors (Lipinski definition) is 5. The van der Waals surface area contributed by atoms with E-state index in [1.165, 1.54) is 10.4 Å². The van der Waals surface area contributed by atoms with Gasteiger partial charge in [-0.15, -0.1) is 11.3 Å². The van der Waals surface area contributed by atoms with Gasteiger partial charge in [-0.2, -0.15) is 0 Å². The second kappa shape index (κ2) is 10.5. The lowest BCUT2D eigenvalue weighted by molar-refractivity contribution is 0.0909. The molecule has 1 aromatic carbocycles. The summed E-state index contributed by atoms with van der Waals surface area (Å²) < 4.78 is 0. The van der Waals surface area contributed by atoms with Gasteiger partial charge in [0.1, 0.15) is 5.00 Å². The van der Waals surface area contributed by atoms with Gasteiger partial charge in [0.15, 0.2) is 0 Å². The second-order valence-corrected chi connectivity index (χ2v) is 10.2. The van der Waals surface area contributed by atoms with E-state index in [9.17, 15) is 9.59 Å². The fourth-order valence-electron chi connectivity index (χ4n) is 4.90. The highest BCUT2D eigenvalue weighted by Crippen LogP contribution is 2.38. The van der Waals surface area contributed by atoms with Crippen molar-refractivity contribution in [3.05, 3.63) is 82.0 Å². The number of hydrogen-bond donors (Lipinski definition) is 2. The third-order valence-electron chi connectivity index (χ3n) is 6.72. The number of likely N-dealkylation sites (tertiary alicyclic amines) is 1. The number of anilines is 1. The first-order valence-corrected chi connectivity index (χ1v) is 12.9. The van der Waals surface area contributed by atoms with E-state index in [0.29, 0.717) is 16.1 Å². The number of thiophene rings is 1. The normalized spacial score (nSPS) is 16.6. The van der Waals surface area contributed by atoms with Crippen LogP contribution in [0.15, 0.2) is 54.9 Å². The van der Waals surface area contributed by atoms with Gasteiger partial charge >= 0.3 is 0 Å². The third-order valence-corrected chi connectivity index (χ3v) is 7.93. The van der Waals surface area contributed by atoms with Crippen LogP contribution in [0.3, 0.4) is 0 Å². The Hall–Kier alpha value is -3.03. The Morgan fingerprint density at radius 2 is 1.79 bits per heavy atom. The fourth-order valence-corrected chi connectivity index (χ4v) is 6.18. The average molecular weight is 475 g/mol. The van der Waals surface area contributed by atoms with Crippen LogP contribution < -0.4 is 10.6 Å². The van der Waals surface area contributed by atoms with Crippen molar-refractivity contribution in [3.8, 4) is 0 Å². The summed E-state index contributed by atoms with van der Waals surface area (Å²) in [6, 6.07) is 14.2. The molecule has 2 aliphatic rings. The van der Waals surface area contributed by atoms with Crippen molar-refractivity contribution in [1.82, 2.24) is 15.2 Å². The fraction of sp³-hybridized carbons (Fsp3) is 0.370. The maximum atomic E-state index is 13.5. The average Bonchev–Trinajstić information content (AvgIpc) is 3.24. The van der Waals surface area contributed by atoms with Gasteiger partial charge in [0.2, 0.25) is 0 Å². The van der Waals surface area contributed by atoms with Crippen LogP contribution >= 0.6 is 11.3 Å². The van der Waals surface area contributed by atoms with E-state index in [-0.39, 0.29) is 17.9 Å². The number of aromatic nitrogens is 1. The summed E-state index contributed by atoms with van der Waals surface area (Å²) in [6.45, 7) is 2.88. The molecule has 1 fully saturated rings. The predicted octanol–water partition coefficient (Wildman–Crippen LogP) is 4.67. The molecule has 6 nitrogen and oxygen atoms in total. The minimum absolute atomic E-state index is 0.0533. The van der Waals surface area contributed by atoms with Gasteiger partial charge in [-0.25, -0.2) is 0 Å². The molecule has 2 aromatic heterocycles. The third kappa shape index (κ3) is 5.21. The van der Waals surface area contributed by atoms with E-state index in [0.717, 1.165) is 63.7 Å². The van der Waals surface area contributed by atoms with Crippen molar-refractivity contribution in [2.75, 3.05) is 18.4 Å². The number of benzene rings is 1. The lowest BCUT2D eigenvalue weighted by atomic mass is 9.94. The van der Waals surface area contributed by atoms with Crippen LogP contribution in [0.5, 0.6) is 0 Å². The number of carbonyl (C=O) groups is 2. The Morgan fingerprint density at radius 1 is 1.00 bits per heavy atom. The van der Waals surface area contributed by atoms with Crippen LogP contribution in [0.25, 0.3) is 0 Å². The molecule has 5 rings (SSSR count). The maximum absolute atomic E-state index is 13.5. The summed E-state index contributed by atoms with van der Waals surface area (Å²) in [5.41, 5.74) is 3.61. The molecule has 0 spiro atoms. The van der Waals surface area contributed by atoms with Crippen LogP contribution in [0.4, 0.5) is 5.00 Å². The molecule has 176 valence electrons. The lowest BCUT2D eigenvalue weighted by Gasteiger charge is -2.32. The van der Waals surface area contributed by atoms with Gasteiger partial charge in [-0.3, -0.25) is 19.5 Å². The van der Waals surface area contributed by atoms with E-state index < -0.39 is 0 Å². The lowest BCUT2D eigenvalue weighted by Crippen LogP contribution is -2.44. The number of piperidine rings is 1. The number of rotatable bonds is 6. The van der Waals surface area contributed by atoms with Crippen LogP contribution in [0, 0.1) is 0 Å². The summed E-state index contributed by atoms with van der Waals surface area (Å²) in [4.78, 5) is 34.0. The molecular weight excluding hydrogens is 444 g/mol. The number of nitrogens with zero attached hydrogens (tertiary/aromatic N) is 2. The largest absolute Gasteiger partial charge is 0.349 e. The van der Waals surface area contributed by atoms with Crippen molar-refractivity contribution >= 4 is 28.2 Å². The Bertz CT molecular complexity index is 1140. The minimum atomic E-state index is -0.227. The van der Waals surface area contributed by atoms with E-state index in [1.807, 2.05) is 6.07 Å². The second-order valence-electron chi connectivity index (χ2n) is 9.12. The quantitative estimate of drug-likeness (QED) is 0.545. The van der Waals surface area contributed by atoms with Crippen molar-refractivity contribution in [2.24, 2.45) is 0 Å². The molecule has 0 unspecified atom stereocenters. The molecule has 1 aliphatic heterocycles. The molecule has 0 bridgehead atoms. The molecule has 1 aliphatic carbocycles. The van der Waals surface area contributed by atoms with Crippen LogP contribution in [0.2, 0.25) is 0 Å². The smallest absolute Gasteiger partial charge is 0.257 e. The Balaban J connectivity index is 1.26. The zero-order valence-electron chi connectivity index (χ0n) is 19.3. The number of nitrogens with one attached hydrogen (secondary N) is 2. The van der Waals surface area contributed by atoms with Crippen molar-refractivity contribution < 1.29 is 9.59 Å². The molecule has 2 N–H and O–H groups in total. The zero-order chi connectivity index (χ0) is 23.3. The maximum Gasteiger partial charge on any atom is 0.257 e. The van der Waals surface area contributed by atoms with Gasteiger partial charge in [0, 0.05) is 42.9 Å². The van der Waals surface area contributed by atoms with E-state index in [2.05, 4.69) is 44.8 Å². The summed E-state index contributed by atoms with van der Waals surface area (Å²) in [5, 5.41) is 6.96. The number of carbonyl (C=O) groups excluding carboxylic acids is 2. The van der Waals surface area contributed by atoms with Gasteiger partial charge in [-0.1, -0.05) is 30.3 Å². The van der Waals surface area contributed by atoms with Crippen LogP contribution in [-0.2, 0) is 19.4 Å². The minimum Gasteiger partial charge on any atom is -0.349 e. The molecule has 1 saturated heterocycles. The van der Waals surface area contributed by atoms with Crippen molar-refractivity contribution in [2.45, 2.75) is 51.1 Å². The molecule has 0 saturated carbocycles. The predicted molar refractivity (Wildman–Crippen MR) is 135 cm³/mol. The highest BCUT2D eigenvalue weighted by Gasteiger charge is 2.29. The molecule has 3 heterocycles. The van der Waals surface area contributed by atoms with Crippen molar-refractivity contribution in [3.63, 3.8) is 0 Å². The summed E-state index contributed by atoms with van der Waals surface area (Å²) in [5.74, 6) is -0.280. The molecule has 34 heavy (non-hydrogen) atoms. The van der Waals surface area contributed by atoms with Gasteiger partial charge in [-0.05, 0) is 61.8 Å². The van der Waals surface area contributed by atoms with E-state index in [4.69, 9.17) is 0 Å². The van der Waals surface area contributed by atoms with E-state index in [1.54, 1.807) is 35.9 Å². The number of pyridine rings is 1. The molecule has 3 aromatic rings. The highest BCUT2D eigenvalue weighted by molar-refractivity contribution is 7.17. The van der Waals surface area contributed by atoms with E-state index >= 15 is 0 Å². The Morgan fingerprint density at radius 3 is 2.56 bits per heavy atom. The standard InChI is InChI=1S/C27H30N4O2S/c32-25(20-9-6-14-28-17-20)30-27-24(22-10-4-5-11-23(22)34-27)26(33)29-21-12-15-31(16-13-21)18-19-7-2-1-3-8-19/h1-3,6-9,14,17,21H,4-5,10-13,15-16,18H2,(H,29,33)(H,30,32). The first-order chi connectivity index (χ1) is 16.7. The number of amides is 2. The van der Waals surface area contributed by atoms with Crippen molar-refractivity contribution in [1.29, 1.82) is 0 Å². The first-order valence-electron chi connectivity index (χ1n) is 12.1. The van der Waals surface area contributed by atoms with Crippen LogP contribution in [-0.4, -0.2) is 40.8 Å². The number of aryl methyl sites for hydroxylation is 1. The molecule has 2 amide bonds. The zero-order valence-corrected chi connectivity index (χ0v) is 20.1. The number of fused-ring (bicyclic) bond motifs is 1. The molecule has 0 radical (unpaired) electrons. The molecular formula is C27H30N4O2S. The SMILES string of the molecule is O=C(Nc1sc2c(c1C(=O)NC1CCN(Cc3ccccc3)CC1)CCCC2)c1cccnc1.